The van der Waals surface area contributed by atoms with E-state index < -0.39 is 0 Å². The maximum absolute atomic E-state index is 6.09. The lowest BCUT2D eigenvalue weighted by atomic mass is 10.1. The van der Waals surface area contributed by atoms with Crippen LogP contribution in [0.5, 0.6) is 0 Å². The van der Waals surface area contributed by atoms with E-state index in [0.717, 1.165) is 30.3 Å². The zero-order valence-corrected chi connectivity index (χ0v) is 15.7. The Morgan fingerprint density at radius 2 is 2.00 bits per heavy atom. The van der Waals surface area contributed by atoms with Gasteiger partial charge in [0.05, 0.1) is 0 Å². The summed E-state index contributed by atoms with van der Waals surface area (Å²) in [6, 6.07) is 5.45. The number of rotatable bonds is 2. The number of halogens is 1. The Hall–Kier alpha value is -1.44. The predicted molar refractivity (Wildman–Crippen MR) is 102 cm³/mol. The number of hydrogen-bond acceptors (Lipinski definition) is 6. The van der Waals surface area contributed by atoms with Gasteiger partial charge in [-0.25, -0.2) is 4.98 Å². The minimum atomic E-state index is 0. The first kappa shape index (κ1) is 16.1. The molecule has 3 aromatic rings. The molecule has 126 valence electrons. The van der Waals surface area contributed by atoms with Crippen LogP contribution in [-0.2, 0) is 0 Å². The van der Waals surface area contributed by atoms with Crippen molar-refractivity contribution in [2.45, 2.75) is 18.9 Å². The molecule has 0 aromatic carbocycles. The molecule has 0 aliphatic carbocycles. The van der Waals surface area contributed by atoms with E-state index in [-0.39, 0.29) is 17.0 Å². The first-order chi connectivity index (χ1) is 11.4. The van der Waals surface area contributed by atoms with Crippen LogP contribution in [0.2, 0.25) is 0 Å². The highest BCUT2D eigenvalue weighted by atomic mass is 79.9. The summed E-state index contributed by atoms with van der Waals surface area (Å²) < 4.78 is 6.09. The van der Waals surface area contributed by atoms with E-state index in [4.69, 9.17) is 4.42 Å². The van der Waals surface area contributed by atoms with Crippen molar-refractivity contribution in [1.29, 1.82) is 0 Å². The van der Waals surface area contributed by atoms with Crippen molar-refractivity contribution in [3.63, 3.8) is 0 Å². The number of anilines is 1. The molecule has 3 saturated heterocycles. The van der Waals surface area contributed by atoms with E-state index in [1.165, 1.54) is 31.5 Å². The van der Waals surface area contributed by atoms with Gasteiger partial charge in [-0.2, -0.15) is 16.3 Å². The lowest BCUT2D eigenvalue weighted by molar-refractivity contribution is 0.249. The van der Waals surface area contributed by atoms with Crippen LogP contribution in [0.25, 0.3) is 22.4 Å². The van der Waals surface area contributed by atoms with Crippen molar-refractivity contribution >= 4 is 45.6 Å². The third-order valence-electron chi connectivity index (χ3n) is 4.99. The number of hydrogen-bond donors (Lipinski definition) is 0. The predicted octanol–water partition coefficient (Wildman–Crippen LogP) is 3.81. The Bertz CT molecular complexity index is 826. The summed E-state index contributed by atoms with van der Waals surface area (Å²) in [4.78, 5) is 14.0. The Balaban J connectivity index is 0.00000146. The molecule has 2 bridgehead atoms. The van der Waals surface area contributed by atoms with Crippen LogP contribution in [-0.4, -0.2) is 47.1 Å². The monoisotopic (exact) mass is 406 g/mol. The molecule has 0 N–H and O–H groups in total. The summed E-state index contributed by atoms with van der Waals surface area (Å²) >= 11 is 1.69. The summed E-state index contributed by atoms with van der Waals surface area (Å²) in [6.45, 7) is 4.49. The van der Waals surface area contributed by atoms with Crippen molar-refractivity contribution in [3.8, 4) is 11.1 Å². The van der Waals surface area contributed by atoms with Crippen LogP contribution in [0, 0.1) is 0 Å². The van der Waals surface area contributed by atoms with Crippen LogP contribution < -0.4 is 4.90 Å². The van der Waals surface area contributed by atoms with Gasteiger partial charge in [0.25, 0.3) is 6.01 Å². The lowest BCUT2D eigenvalue weighted by Crippen LogP contribution is -2.38. The van der Waals surface area contributed by atoms with Gasteiger partial charge in [0.2, 0.25) is 5.65 Å². The first-order valence-corrected chi connectivity index (χ1v) is 9.09. The SMILES string of the molecule is Br.c1cc(-c2cnc3nc(N4CCN5CCC4CC5)oc3c2)cs1. The van der Waals surface area contributed by atoms with Gasteiger partial charge in [0.1, 0.15) is 0 Å². The van der Waals surface area contributed by atoms with Gasteiger partial charge in [-0.05, 0) is 41.3 Å². The molecule has 0 unspecified atom stereocenters. The molecule has 0 amide bonds. The smallest absolute Gasteiger partial charge is 0.300 e. The molecule has 24 heavy (non-hydrogen) atoms. The molecule has 0 radical (unpaired) electrons. The van der Waals surface area contributed by atoms with E-state index in [1.54, 1.807) is 11.3 Å². The largest absolute Gasteiger partial charge is 0.422 e. The zero-order valence-electron chi connectivity index (χ0n) is 13.2. The summed E-state index contributed by atoms with van der Waals surface area (Å²) in [5.41, 5.74) is 3.76. The lowest BCUT2D eigenvalue weighted by Gasteiger charge is -2.30. The molecule has 7 heteroatoms. The topological polar surface area (TPSA) is 45.4 Å². The average molecular weight is 407 g/mol. The van der Waals surface area contributed by atoms with Crippen molar-refractivity contribution in [1.82, 2.24) is 14.9 Å². The second kappa shape index (κ2) is 6.46. The Morgan fingerprint density at radius 1 is 1.12 bits per heavy atom. The second-order valence-electron chi connectivity index (χ2n) is 6.32. The van der Waals surface area contributed by atoms with E-state index >= 15 is 0 Å². The van der Waals surface area contributed by atoms with Gasteiger partial charge >= 0.3 is 0 Å². The highest BCUT2D eigenvalue weighted by molar-refractivity contribution is 8.93. The number of oxazole rings is 1. The number of thiophene rings is 1. The summed E-state index contributed by atoms with van der Waals surface area (Å²) in [6.07, 6.45) is 4.29. The fourth-order valence-corrected chi connectivity index (χ4v) is 4.32. The summed E-state index contributed by atoms with van der Waals surface area (Å²) in [7, 11) is 0. The number of nitrogens with zero attached hydrogens (tertiary/aromatic N) is 4. The van der Waals surface area contributed by atoms with Gasteiger partial charge in [-0.3, -0.25) is 0 Å². The Kier molecular flexibility index (Phi) is 4.32. The molecule has 0 saturated carbocycles. The van der Waals surface area contributed by atoms with Crippen LogP contribution in [0.4, 0.5) is 6.01 Å². The normalized spacial score (nSPS) is 23.2. The van der Waals surface area contributed by atoms with E-state index in [2.05, 4.69) is 42.7 Å². The average Bonchev–Trinajstić information content (AvgIpc) is 3.17. The highest BCUT2D eigenvalue weighted by Crippen LogP contribution is 2.30. The van der Waals surface area contributed by atoms with Gasteiger partial charge in [0, 0.05) is 44.0 Å². The van der Waals surface area contributed by atoms with Gasteiger partial charge < -0.3 is 14.2 Å². The van der Waals surface area contributed by atoms with Crippen LogP contribution in [0.3, 0.4) is 0 Å². The number of fused-ring (bicyclic) bond motifs is 5. The minimum Gasteiger partial charge on any atom is -0.422 e. The van der Waals surface area contributed by atoms with Gasteiger partial charge in [-0.1, -0.05) is 0 Å². The van der Waals surface area contributed by atoms with Crippen molar-refractivity contribution in [3.05, 3.63) is 29.1 Å². The maximum Gasteiger partial charge on any atom is 0.300 e. The number of pyridine rings is 1. The van der Waals surface area contributed by atoms with Crippen LogP contribution >= 0.6 is 28.3 Å². The van der Waals surface area contributed by atoms with Gasteiger partial charge in [0.15, 0.2) is 5.58 Å². The molecule has 3 aromatic heterocycles. The second-order valence-corrected chi connectivity index (χ2v) is 7.10. The molecule has 3 fully saturated rings. The maximum atomic E-state index is 6.09. The summed E-state index contributed by atoms with van der Waals surface area (Å²) in [5, 5.41) is 4.20. The fourth-order valence-electron chi connectivity index (χ4n) is 3.66. The third kappa shape index (κ3) is 2.74. The van der Waals surface area contributed by atoms with Crippen LogP contribution in [0.1, 0.15) is 12.8 Å². The van der Waals surface area contributed by atoms with Gasteiger partial charge in [-0.15, -0.1) is 17.0 Å². The highest BCUT2D eigenvalue weighted by Gasteiger charge is 2.31. The van der Waals surface area contributed by atoms with Crippen molar-refractivity contribution in [2.24, 2.45) is 0 Å². The molecule has 6 rings (SSSR count). The van der Waals surface area contributed by atoms with E-state index in [1.807, 2.05) is 6.20 Å². The van der Waals surface area contributed by atoms with Crippen molar-refractivity contribution < 1.29 is 4.42 Å². The number of piperidine rings is 1. The van der Waals surface area contributed by atoms with E-state index in [9.17, 15) is 0 Å². The standard InChI is InChI=1S/C17H18N4OS.BrH/c1-4-20-5-2-14(1)21(7-6-20)17-19-16-15(22-17)9-13(10-18-16)12-3-8-23-11-12;/h3,8-11,14H,1-2,4-7H2;1H. The minimum absolute atomic E-state index is 0. The molecular formula is C17H19BrN4OS. The first-order valence-electron chi connectivity index (χ1n) is 8.15. The fraction of sp³-hybridized carbons (Fsp3) is 0.412. The number of aromatic nitrogens is 2. The van der Waals surface area contributed by atoms with E-state index in [0.29, 0.717) is 11.7 Å². The Morgan fingerprint density at radius 3 is 2.79 bits per heavy atom. The molecule has 3 aliphatic heterocycles. The molecule has 3 aliphatic rings. The van der Waals surface area contributed by atoms with Crippen LogP contribution in [0.15, 0.2) is 33.5 Å². The molecule has 5 nitrogen and oxygen atoms in total. The quantitative estimate of drug-likeness (QED) is 0.647. The molecule has 6 heterocycles. The summed E-state index contributed by atoms with van der Waals surface area (Å²) in [5.74, 6) is 0. The van der Waals surface area contributed by atoms with Crippen molar-refractivity contribution in [2.75, 3.05) is 31.1 Å². The third-order valence-corrected chi connectivity index (χ3v) is 5.67. The molecular weight excluding hydrogens is 388 g/mol. The molecule has 0 spiro atoms. The zero-order chi connectivity index (χ0) is 15.2. The molecule has 0 atom stereocenters. The Labute approximate surface area is 155 Å².